The van der Waals surface area contributed by atoms with Crippen LogP contribution in [0.25, 0.3) is 10.4 Å². The van der Waals surface area contributed by atoms with Gasteiger partial charge in [0.1, 0.15) is 4.21 Å². The van der Waals surface area contributed by atoms with E-state index in [2.05, 4.69) is 9.71 Å². The predicted molar refractivity (Wildman–Crippen MR) is 95.3 cm³/mol. The lowest BCUT2D eigenvalue weighted by molar-refractivity contribution is 0.583. The monoisotopic (exact) mass is 364 g/mol. The third kappa shape index (κ3) is 3.87. The molecule has 0 aliphatic heterocycles. The molecule has 0 amide bonds. The first-order valence-corrected chi connectivity index (χ1v) is 10.3. The molecule has 0 bridgehead atoms. The van der Waals surface area contributed by atoms with E-state index in [0.29, 0.717) is 4.21 Å². The summed E-state index contributed by atoms with van der Waals surface area (Å²) < 4.78 is 27.7. The Hall–Kier alpha value is -1.54. The summed E-state index contributed by atoms with van der Waals surface area (Å²) in [5.41, 5.74) is 1.84. The van der Waals surface area contributed by atoms with Gasteiger partial charge in [0.25, 0.3) is 0 Å². The molecular formula is C16H16N2O2S3. The summed E-state index contributed by atoms with van der Waals surface area (Å²) in [4.78, 5) is 6.39. The zero-order valence-corrected chi connectivity index (χ0v) is 15.0. The Morgan fingerprint density at radius 2 is 2.09 bits per heavy atom. The summed E-state index contributed by atoms with van der Waals surface area (Å²) in [6.07, 6.45) is 4.31. The average Bonchev–Trinajstić information content (AvgIpc) is 3.24. The van der Waals surface area contributed by atoms with Gasteiger partial charge >= 0.3 is 0 Å². The molecule has 0 aliphatic carbocycles. The highest BCUT2D eigenvalue weighted by atomic mass is 32.2. The molecule has 1 N–H and O–H groups in total. The molecule has 0 saturated heterocycles. The summed E-state index contributed by atoms with van der Waals surface area (Å²) in [7, 11) is -3.47. The fourth-order valence-corrected chi connectivity index (χ4v) is 5.17. The highest BCUT2D eigenvalue weighted by Gasteiger charge is 2.16. The number of rotatable bonds is 6. The second-order valence-electron chi connectivity index (χ2n) is 4.96. The molecule has 120 valence electrons. The molecule has 3 rings (SSSR count). The van der Waals surface area contributed by atoms with Gasteiger partial charge in [-0.05, 0) is 41.6 Å². The minimum atomic E-state index is -3.47. The van der Waals surface area contributed by atoms with Crippen molar-refractivity contribution in [1.29, 1.82) is 0 Å². The molecular weight excluding hydrogens is 348 g/mol. The zero-order chi connectivity index (χ0) is 16.3. The van der Waals surface area contributed by atoms with Crippen LogP contribution in [0.5, 0.6) is 0 Å². The smallest absolute Gasteiger partial charge is 0.250 e. The maximum absolute atomic E-state index is 12.3. The Bertz CT molecular complexity index is 884. The first-order chi connectivity index (χ1) is 11.1. The Balaban J connectivity index is 1.74. The molecule has 0 atom stereocenters. The Kier molecular flexibility index (Phi) is 4.91. The minimum Gasteiger partial charge on any atom is -0.264 e. The molecule has 0 radical (unpaired) electrons. The molecule has 0 fully saturated rings. The van der Waals surface area contributed by atoms with Crippen molar-refractivity contribution in [1.82, 2.24) is 9.71 Å². The van der Waals surface area contributed by atoms with Gasteiger partial charge in [-0.2, -0.15) is 0 Å². The van der Waals surface area contributed by atoms with E-state index in [1.54, 1.807) is 29.8 Å². The van der Waals surface area contributed by atoms with Crippen LogP contribution in [-0.2, 0) is 23.0 Å². The molecule has 23 heavy (non-hydrogen) atoms. The van der Waals surface area contributed by atoms with E-state index in [1.807, 2.05) is 36.6 Å². The van der Waals surface area contributed by atoms with Crippen LogP contribution in [-0.4, -0.2) is 13.4 Å². The fraction of sp³-hybridized carbons (Fsp3) is 0.188. The quantitative estimate of drug-likeness (QED) is 0.721. The fourth-order valence-electron chi connectivity index (χ4n) is 2.10. The largest absolute Gasteiger partial charge is 0.264 e. The van der Waals surface area contributed by atoms with Crippen molar-refractivity contribution in [3.8, 4) is 10.4 Å². The lowest BCUT2D eigenvalue weighted by Gasteiger charge is -2.06. The standard InChI is InChI=1S/C16H16N2O2S3/c1-2-14-5-6-16(22-14)23(19,20)18-10-12-8-13(11-17-9-12)15-4-3-7-21-15/h3-9,11,18H,2,10H2,1H3. The minimum absolute atomic E-state index is 0.230. The maximum Gasteiger partial charge on any atom is 0.250 e. The van der Waals surface area contributed by atoms with Crippen molar-refractivity contribution in [2.45, 2.75) is 24.1 Å². The maximum atomic E-state index is 12.3. The first-order valence-electron chi connectivity index (χ1n) is 7.14. The van der Waals surface area contributed by atoms with E-state index in [9.17, 15) is 8.42 Å². The van der Waals surface area contributed by atoms with Gasteiger partial charge in [0.15, 0.2) is 0 Å². The number of hydrogen-bond acceptors (Lipinski definition) is 5. The molecule has 3 heterocycles. The molecule has 0 aromatic carbocycles. The number of aryl methyl sites for hydroxylation is 1. The van der Waals surface area contributed by atoms with Crippen LogP contribution in [0.3, 0.4) is 0 Å². The highest BCUT2D eigenvalue weighted by molar-refractivity contribution is 7.91. The van der Waals surface area contributed by atoms with Crippen LogP contribution >= 0.6 is 22.7 Å². The summed E-state index contributed by atoms with van der Waals surface area (Å²) in [6, 6.07) is 9.49. The summed E-state index contributed by atoms with van der Waals surface area (Å²) in [6.45, 7) is 2.24. The summed E-state index contributed by atoms with van der Waals surface area (Å²) in [5.74, 6) is 0. The Morgan fingerprint density at radius 1 is 1.22 bits per heavy atom. The predicted octanol–water partition coefficient (Wildman–Crippen LogP) is 3.91. The van der Waals surface area contributed by atoms with Crippen LogP contribution in [0.2, 0.25) is 0 Å². The van der Waals surface area contributed by atoms with Gasteiger partial charge in [-0.1, -0.05) is 13.0 Å². The SMILES string of the molecule is CCc1ccc(S(=O)(=O)NCc2cncc(-c3cccs3)c2)s1. The normalized spacial score (nSPS) is 11.7. The van der Waals surface area contributed by atoms with Gasteiger partial charge in [0, 0.05) is 34.3 Å². The van der Waals surface area contributed by atoms with Crippen molar-refractivity contribution in [2.24, 2.45) is 0 Å². The van der Waals surface area contributed by atoms with E-state index in [-0.39, 0.29) is 6.54 Å². The van der Waals surface area contributed by atoms with E-state index in [1.165, 1.54) is 11.3 Å². The van der Waals surface area contributed by atoms with Crippen LogP contribution in [0.4, 0.5) is 0 Å². The molecule has 0 saturated carbocycles. The Morgan fingerprint density at radius 3 is 2.78 bits per heavy atom. The number of sulfonamides is 1. The molecule has 0 unspecified atom stereocenters. The van der Waals surface area contributed by atoms with E-state index >= 15 is 0 Å². The van der Waals surface area contributed by atoms with Gasteiger partial charge in [0.05, 0.1) is 0 Å². The van der Waals surface area contributed by atoms with Crippen LogP contribution < -0.4 is 4.72 Å². The number of pyridine rings is 1. The number of hydrogen-bond donors (Lipinski definition) is 1. The molecule has 7 heteroatoms. The molecule has 4 nitrogen and oxygen atoms in total. The van der Waals surface area contributed by atoms with Crippen LogP contribution in [0, 0.1) is 0 Å². The third-order valence-corrected chi connectivity index (χ3v) is 7.36. The van der Waals surface area contributed by atoms with Gasteiger partial charge in [-0.25, -0.2) is 13.1 Å². The van der Waals surface area contributed by atoms with Crippen molar-refractivity contribution in [3.05, 3.63) is 58.5 Å². The van der Waals surface area contributed by atoms with Gasteiger partial charge < -0.3 is 0 Å². The molecule has 0 aliphatic rings. The number of aromatic nitrogens is 1. The summed E-state index contributed by atoms with van der Waals surface area (Å²) in [5, 5.41) is 2.01. The third-order valence-electron chi connectivity index (χ3n) is 3.32. The number of nitrogens with one attached hydrogen (secondary N) is 1. The Labute approximate surface area is 143 Å². The molecule has 0 spiro atoms. The van der Waals surface area contributed by atoms with Crippen molar-refractivity contribution in [2.75, 3.05) is 0 Å². The molecule has 3 aromatic rings. The zero-order valence-electron chi connectivity index (χ0n) is 12.5. The average molecular weight is 365 g/mol. The van der Waals surface area contributed by atoms with Crippen molar-refractivity contribution >= 4 is 32.7 Å². The van der Waals surface area contributed by atoms with Crippen molar-refractivity contribution < 1.29 is 8.42 Å². The lowest BCUT2D eigenvalue weighted by Crippen LogP contribution is -2.22. The van der Waals surface area contributed by atoms with Gasteiger partial charge in [0.2, 0.25) is 10.0 Å². The number of nitrogens with zero attached hydrogens (tertiary/aromatic N) is 1. The highest BCUT2D eigenvalue weighted by Crippen LogP contribution is 2.25. The van der Waals surface area contributed by atoms with E-state index in [4.69, 9.17) is 0 Å². The molecule has 3 aromatic heterocycles. The van der Waals surface area contributed by atoms with Crippen LogP contribution in [0.15, 0.2) is 52.3 Å². The van der Waals surface area contributed by atoms with E-state index in [0.717, 1.165) is 27.3 Å². The first kappa shape index (κ1) is 16.3. The van der Waals surface area contributed by atoms with E-state index < -0.39 is 10.0 Å². The lowest BCUT2D eigenvalue weighted by atomic mass is 10.2. The number of thiophene rings is 2. The second-order valence-corrected chi connectivity index (χ2v) is 9.07. The summed E-state index contributed by atoms with van der Waals surface area (Å²) >= 11 is 2.95. The van der Waals surface area contributed by atoms with Gasteiger partial charge in [-0.15, -0.1) is 22.7 Å². The topological polar surface area (TPSA) is 59.1 Å². The van der Waals surface area contributed by atoms with Gasteiger partial charge in [-0.3, -0.25) is 4.98 Å². The van der Waals surface area contributed by atoms with Crippen molar-refractivity contribution in [3.63, 3.8) is 0 Å². The second kappa shape index (κ2) is 6.92. The van der Waals surface area contributed by atoms with Crippen LogP contribution in [0.1, 0.15) is 17.4 Å².